The first-order chi connectivity index (χ1) is 10.4. The minimum Gasteiger partial charge on any atom is -0.486 e. The summed E-state index contributed by atoms with van der Waals surface area (Å²) in [6, 6.07) is 9.50. The second-order valence-electron chi connectivity index (χ2n) is 7.37. The molecular weight excluding hydrogens is 276 g/mol. The topological polar surface area (TPSA) is 38.8 Å². The fraction of sp³-hybridized carbons (Fsp3) is 0.632. The maximum atomic E-state index is 12.6. The molecule has 22 heavy (non-hydrogen) atoms. The lowest BCUT2D eigenvalue weighted by molar-refractivity contribution is -0.126. The van der Waals surface area contributed by atoms with Crippen molar-refractivity contribution in [2.75, 3.05) is 6.61 Å². The Morgan fingerprint density at radius 1 is 1.27 bits per heavy atom. The summed E-state index contributed by atoms with van der Waals surface area (Å²) in [6.07, 6.45) is 3.33. The molecule has 1 saturated heterocycles. The predicted molar refractivity (Wildman–Crippen MR) is 88.1 cm³/mol. The van der Waals surface area contributed by atoms with E-state index >= 15 is 0 Å². The maximum absolute atomic E-state index is 12.6. The number of benzene rings is 1. The first kappa shape index (κ1) is 17.0. The minimum atomic E-state index is -0.0553. The van der Waals surface area contributed by atoms with Crippen LogP contribution in [0, 0.1) is 11.3 Å². The van der Waals surface area contributed by atoms with E-state index in [1.54, 1.807) is 0 Å². The van der Waals surface area contributed by atoms with Gasteiger partial charge in [-0.25, -0.2) is 0 Å². The van der Waals surface area contributed by atoms with Gasteiger partial charge >= 0.3 is 0 Å². The van der Waals surface area contributed by atoms with Gasteiger partial charge in [-0.15, -0.1) is 0 Å². The van der Waals surface area contributed by atoms with E-state index in [-0.39, 0.29) is 35.9 Å². The molecule has 0 N–H and O–H groups in total. The summed E-state index contributed by atoms with van der Waals surface area (Å²) in [7, 11) is 0. The van der Waals surface area contributed by atoms with Crippen LogP contribution in [0.25, 0.3) is 0 Å². The average molecular weight is 304 g/mol. The summed E-state index contributed by atoms with van der Waals surface area (Å²) < 4.78 is 11.4. The fourth-order valence-corrected chi connectivity index (χ4v) is 2.88. The second kappa shape index (κ2) is 7.28. The minimum absolute atomic E-state index is 0.0553. The molecule has 1 aromatic rings. The maximum Gasteiger partial charge on any atom is 0.175 e. The monoisotopic (exact) mass is 304 g/mol. The second-order valence-corrected chi connectivity index (χ2v) is 7.37. The Labute approximate surface area is 134 Å². The van der Waals surface area contributed by atoms with Gasteiger partial charge in [-0.2, -0.15) is 0 Å². The van der Waals surface area contributed by atoms with Gasteiger partial charge in [0, 0.05) is 0 Å². The number of hydrogen-bond donors (Lipinski definition) is 0. The van der Waals surface area contributed by atoms with Crippen molar-refractivity contribution < 1.29 is 14.3 Å². The lowest BCUT2D eigenvalue weighted by Gasteiger charge is -2.24. The molecule has 0 amide bonds. The molecule has 0 radical (unpaired) electrons. The normalized spacial score (nSPS) is 22.2. The van der Waals surface area contributed by atoms with Crippen LogP contribution in [0.3, 0.4) is 0 Å². The van der Waals surface area contributed by atoms with Gasteiger partial charge in [0.25, 0.3) is 0 Å². The first-order valence-corrected chi connectivity index (χ1v) is 8.27. The third kappa shape index (κ3) is 5.13. The van der Waals surface area contributed by atoms with Gasteiger partial charge in [0.05, 0.1) is 18.1 Å². The van der Waals surface area contributed by atoms with Crippen LogP contribution in [0.15, 0.2) is 30.3 Å². The van der Waals surface area contributed by atoms with Crippen LogP contribution >= 0.6 is 0 Å². The van der Waals surface area contributed by atoms with Crippen molar-refractivity contribution in [3.63, 3.8) is 0 Å². The summed E-state index contributed by atoms with van der Waals surface area (Å²) in [5.74, 6) is 0.842. The van der Waals surface area contributed by atoms with Crippen molar-refractivity contribution in [2.24, 2.45) is 11.3 Å². The number of Topliss-reactive ketones (excluding diaryl/α,β-unsaturated/α-hetero) is 1. The molecule has 1 aromatic carbocycles. The molecule has 2 rings (SSSR count). The van der Waals surface area contributed by atoms with E-state index in [9.17, 15) is 4.79 Å². The number of ether oxygens (including phenoxy) is 2. The molecule has 1 aliphatic heterocycles. The largest absolute Gasteiger partial charge is 0.486 e. The standard InChI is InChI=1S/C19H28O3/c1-5-9-17-18(22-17)15(12-19(2,3)4)16(20)13-21-14-10-7-6-8-11-14/h6-8,10-11,15,17-18H,5,9,12-13H2,1-4H3. The molecule has 3 nitrogen and oxygen atoms in total. The lowest BCUT2D eigenvalue weighted by Crippen LogP contribution is -2.30. The van der Waals surface area contributed by atoms with Crippen molar-refractivity contribution in [3.05, 3.63) is 30.3 Å². The number of para-hydroxylation sites is 1. The Hall–Kier alpha value is -1.35. The van der Waals surface area contributed by atoms with E-state index in [0.29, 0.717) is 0 Å². The van der Waals surface area contributed by atoms with E-state index in [1.165, 1.54) is 0 Å². The molecule has 3 unspecified atom stereocenters. The van der Waals surface area contributed by atoms with Crippen molar-refractivity contribution in [1.29, 1.82) is 0 Å². The predicted octanol–water partition coefficient (Wildman–Crippen LogP) is 4.25. The zero-order valence-corrected chi connectivity index (χ0v) is 14.2. The summed E-state index contributed by atoms with van der Waals surface area (Å²) in [5.41, 5.74) is 0.107. The van der Waals surface area contributed by atoms with E-state index in [2.05, 4.69) is 27.7 Å². The van der Waals surface area contributed by atoms with E-state index in [0.717, 1.165) is 25.0 Å². The average Bonchev–Trinajstić information content (AvgIpc) is 3.22. The summed E-state index contributed by atoms with van der Waals surface area (Å²) in [5, 5.41) is 0. The quantitative estimate of drug-likeness (QED) is 0.674. The molecule has 3 atom stereocenters. The molecule has 1 aliphatic rings. The molecule has 0 aromatic heterocycles. The molecule has 1 fully saturated rings. The molecule has 122 valence electrons. The molecule has 0 saturated carbocycles. The summed E-state index contributed by atoms with van der Waals surface area (Å²) in [4.78, 5) is 12.6. The molecule has 0 aliphatic carbocycles. The van der Waals surface area contributed by atoms with Crippen LogP contribution in [0.2, 0.25) is 0 Å². The van der Waals surface area contributed by atoms with Crippen LogP contribution < -0.4 is 4.74 Å². The Kier molecular flexibility index (Phi) is 5.63. The zero-order valence-electron chi connectivity index (χ0n) is 14.2. The van der Waals surface area contributed by atoms with Crippen LogP contribution in [0.4, 0.5) is 0 Å². The molecule has 1 heterocycles. The molecule has 0 spiro atoms. The highest BCUT2D eigenvalue weighted by atomic mass is 16.6. The fourth-order valence-electron chi connectivity index (χ4n) is 2.88. The zero-order chi connectivity index (χ0) is 16.2. The van der Waals surface area contributed by atoms with Crippen molar-refractivity contribution >= 4 is 5.78 Å². The number of ketones is 1. The smallest absolute Gasteiger partial charge is 0.175 e. The van der Waals surface area contributed by atoms with Gasteiger partial charge in [-0.05, 0) is 30.4 Å². The van der Waals surface area contributed by atoms with E-state index in [1.807, 2.05) is 30.3 Å². The Morgan fingerprint density at radius 2 is 1.95 bits per heavy atom. The van der Waals surface area contributed by atoms with Gasteiger partial charge in [-0.3, -0.25) is 4.79 Å². The van der Waals surface area contributed by atoms with Crippen molar-refractivity contribution in [2.45, 2.75) is 59.2 Å². The third-order valence-corrected chi connectivity index (χ3v) is 3.96. The highest BCUT2D eigenvalue weighted by Crippen LogP contribution is 2.39. The Balaban J connectivity index is 1.94. The van der Waals surface area contributed by atoms with Crippen LogP contribution in [0.5, 0.6) is 5.75 Å². The van der Waals surface area contributed by atoms with Gasteiger partial charge in [0.15, 0.2) is 5.78 Å². The first-order valence-electron chi connectivity index (χ1n) is 8.27. The SMILES string of the molecule is CCCC1OC1C(CC(C)(C)C)C(=O)COc1ccccc1. The van der Waals surface area contributed by atoms with E-state index < -0.39 is 0 Å². The van der Waals surface area contributed by atoms with Gasteiger partial charge in [0.2, 0.25) is 0 Å². The Morgan fingerprint density at radius 3 is 2.55 bits per heavy atom. The summed E-state index contributed by atoms with van der Waals surface area (Å²) in [6.45, 7) is 8.79. The van der Waals surface area contributed by atoms with Crippen LogP contribution in [0.1, 0.15) is 47.0 Å². The molecular formula is C19H28O3. The highest BCUT2D eigenvalue weighted by Gasteiger charge is 2.47. The van der Waals surface area contributed by atoms with Gasteiger partial charge in [0.1, 0.15) is 12.4 Å². The number of rotatable bonds is 8. The van der Waals surface area contributed by atoms with Crippen molar-refractivity contribution in [3.8, 4) is 5.75 Å². The number of hydrogen-bond acceptors (Lipinski definition) is 3. The molecule has 3 heteroatoms. The van der Waals surface area contributed by atoms with Crippen LogP contribution in [-0.2, 0) is 9.53 Å². The molecule has 0 bridgehead atoms. The lowest BCUT2D eigenvalue weighted by atomic mass is 9.80. The van der Waals surface area contributed by atoms with Gasteiger partial charge in [-0.1, -0.05) is 52.3 Å². The van der Waals surface area contributed by atoms with Crippen molar-refractivity contribution in [1.82, 2.24) is 0 Å². The highest BCUT2D eigenvalue weighted by molar-refractivity contribution is 5.83. The number of epoxide rings is 1. The van der Waals surface area contributed by atoms with E-state index in [4.69, 9.17) is 9.47 Å². The summed E-state index contributed by atoms with van der Waals surface area (Å²) >= 11 is 0. The van der Waals surface area contributed by atoms with Crippen LogP contribution in [-0.4, -0.2) is 24.6 Å². The Bertz CT molecular complexity index is 475. The third-order valence-electron chi connectivity index (χ3n) is 3.96. The number of carbonyl (C=O) groups is 1. The van der Waals surface area contributed by atoms with Gasteiger partial charge < -0.3 is 9.47 Å². The number of carbonyl (C=O) groups excluding carboxylic acids is 1.